The highest BCUT2D eigenvalue weighted by Crippen LogP contribution is 2.24. The standard InChI is InChI=1S/C19H24N2O4/c1-4-6-11-21(12-17(22)24-5-2)19(23)16-13-25-20-18(16)15-9-7-14(3)8-10-15/h7-10,13H,4-6,11-12H2,1-3H3. The summed E-state index contributed by atoms with van der Waals surface area (Å²) in [5, 5.41) is 3.98. The number of hydrogen-bond acceptors (Lipinski definition) is 5. The Hall–Kier alpha value is -2.63. The van der Waals surface area contributed by atoms with Gasteiger partial charge in [0.2, 0.25) is 0 Å². The Morgan fingerprint density at radius 3 is 2.56 bits per heavy atom. The summed E-state index contributed by atoms with van der Waals surface area (Å²) in [6.45, 7) is 6.45. The zero-order chi connectivity index (χ0) is 18.2. The lowest BCUT2D eigenvalue weighted by Gasteiger charge is -2.21. The maximum absolute atomic E-state index is 12.9. The fourth-order valence-corrected chi connectivity index (χ4v) is 2.44. The fourth-order valence-electron chi connectivity index (χ4n) is 2.44. The van der Waals surface area contributed by atoms with Crippen LogP contribution < -0.4 is 0 Å². The van der Waals surface area contributed by atoms with E-state index in [0.717, 1.165) is 24.0 Å². The van der Waals surface area contributed by atoms with Crippen molar-refractivity contribution in [2.45, 2.75) is 33.6 Å². The molecule has 1 heterocycles. The number of carbonyl (C=O) groups excluding carboxylic acids is 2. The fraction of sp³-hybridized carbons (Fsp3) is 0.421. The second-order valence-corrected chi connectivity index (χ2v) is 5.83. The van der Waals surface area contributed by atoms with Crippen molar-refractivity contribution in [2.24, 2.45) is 0 Å². The molecule has 6 heteroatoms. The highest BCUT2D eigenvalue weighted by molar-refractivity contribution is 6.00. The molecule has 0 aliphatic carbocycles. The van der Waals surface area contributed by atoms with E-state index in [-0.39, 0.29) is 19.1 Å². The van der Waals surface area contributed by atoms with E-state index < -0.39 is 5.97 Å². The molecule has 0 saturated heterocycles. The van der Waals surface area contributed by atoms with Crippen molar-refractivity contribution in [1.29, 1.82) is 0 Å². The van der Waals surface area contributed by atoms with Crippen LogP contribution in [0.25, 0.3) is 11.3 Å². The van der Waals surface area contributed by atoms with Gasteiger partial charge in [0.1, 0.15) is 24.1 Å². The minimum Gasteiger partial charge on any atom is -0.465 e. The molecule has 6 nitrogen and oxygen atoms in total. The zero-order valence-corrected chi connectivity index (χ0v) is 14.9. The number of hydrogen-bond donors (Lipinski definition) is 0. The number of carbonyl (C=O) groups is 2. The highest BCUT2D eigenvalue weighted by Gasteiger charge is 2.24. The van der Waals surface area contributed by atoms with Gasteiger partial charge in [-0.25, -0.2) is 0 Å². The predicted molar refractivity (Wildman–Crippen MR) is 94.1 cm³/mol. The van der Waals surface area contributed by atoms with Crippen LogP contribution in [0.15, 0.2) is 35.1 Å². The van der Waals surface area contributed by atoms with Crippen LogP contribution in [-0.4, -0.2) is 41.6 Å². The number of benzene rings is 1. The lowest BCUT2D eigenvalue weighted by molar-refractivity contribution is -0.143. The molecular formula is C19H24N2O4. The normalized spacial score (nSPS) is 10.5. The van der Waals surface area contributed by atoms with E-state index in [9.17, 15) is 9.59 Å². The quantitative estimate of drug-likeness (QED) is 0.686. The molecule has 0 spiro atoms. The van der Waals surface area contributed by atoms with Gasteiger partial charge in [0.05, 0.1) is 6.61 Å². The number of unbranched alkanes of at least 4 members (excludes halogenated alkanes) is 1. The predicted octanol–water partition coefficient (Wildman–Crippen LogP) is 3.46. The molecule has 0 fully saturated rings. The second-order valence-electron chi connectivity index (χ2n) is 5.83. The average molecular weight is 344 g/mol. The second kappa shape index (κ2) is 9.01. The van der Waals surface area contributed by atoms with Crippen LogP contribution in [0.1, 0.15) is 42.6 Å². The first-order chi connectivity index (χ1) is 12.1. The molecule has 134 valence electrons. The first-order valence-electron chi connectivity index (χ1n) is 8.53. The van der Waals surface area contributed by atoms with Crippen LogP contribution >= 0.6 is 0 Å². The van der Waals surface area contributed by atoms with Gasteiger partial charge in [-0.05, 0) is 20.3 Å². The molecule has 1 amide bonds. The van der Waals surface area contributed by atoms with E-state index in [2.05, 4.69) is 5.16 Å². The topological polar surface area (TPSA) is 72.6 Å². The summed E-state index contributed by atoms with van der Waals surface area (Å²) in [5.74, 6) is -0.696. The number of nitrogens with zero attached hydrogens (tertiary/aromatic N) is 2. The van der Waals surface area contributed by atoms with Crippen LogP contribution in [0.5, 0.6) is 0 Å². The van der Waals surface area contributed by atoms with Gasteiger partial charge in [-0.2, -0.15) is 0 Å². The van der Waals surface area contributed by atoms with E-state index in [1.165, 1.54) is 11.2 Å². The summed E-state index contributed by atoms with van der Waals surface area (Å²) < 4.78 is 10.0. The van der Waals surface area contributed by atoms with E-state index in [1.807, 2.05) is 38.1 Å². The molecular weight excluding hydrogens is 320 g/mol. The van der Waals surface area contributed by atoms with E-state index in [1.54, 1.807) is 6.92 Å². The summed E-state index contributed by atoms with van der Waals surface area (Å²) >= 11 is 0. The van der Waals surface area contributed by atoms with Crippen molar-refractivity contribution < 1.29 is 18.8 Å². The van der Waals surface area contributed by atoms with Crippen molar-refractivity contribution in [1.82, 2.24) is 10.1 Å². The van der Waals surface area contributed by atoms with E-state index in [4.69, 9.17) is 9.26 Å². The van der Waals surface area contributed by atoms with Crippen LogP contribution in [0.2, 0.25) is 0 Å². The van der Waals surface area contributed by atoms with Gasteiger partial charge in [-0.15, -0.1) is 0 Å². The molecule has 1 aromatic carbocycles. The van der Waals surface area contributed by atoms with E-state index >= 15 is 0 Å². The van der Waals surface area contributed by atoms with Crippen molar-refractivity contribution in [3.63, 3.8) is 0 Å². The van der Waals surface area contributed by atoms with Gasteiger partial charge in [-0.1, -0.05) is 48.3 Å². The SMILES string of the molecule is CCCCN(CC(=O)OCC)C(=O)c1conc1-c1ccc(C)cc1. The van der Waals surface area contributed by atoms with Gasteiger partial charge in [0.25, 0.3) is 5.91 Å². The molecule has 0 aliphatic rings. The Balaban J connectivity index is 2.25. The number of aryl methyl sites for hydroxylation is 1. The van der Waals surface area contributed by atoms with Crippen molar-refractivity contribution >= 4 is 11.9 Å². The number of aromatic nitrogens is 1. The molecule has 0 radical (unpaired) electrons. The van der Waals surface area contributed by atoms with Gasteiger partial charge in [0, 0.05) is 12.1 Å². The smallest absolute Gasteiger partial charge is 0.325 e. The summed E-state index contributed by atoms with van der Waals surface area (Å²) in [6, 6.07) is 7.69. The Bertz CT molecular complexity index is 706. The first kappa shape index (κ1) is 18.7. The Kier molecular flexibility index (Phi) is 6.74. The number of ether oxygens (including phenoxy) is 1. The number of rotatable bonds is 8. The molecule has 0 saturated carbocycles. The summed E-state index contributed by atoms with van der Waals surface area (Å²) in [4.78, 5) is 26.3. The Labute approximate surface area is 147 Å². The van der Waals surface area contributed by atoms with Crippen LogP contribution in [0.4, 0.5) is 0 Å². The lowest BCUT2D eigenvalue weighted by Crippen LogP contribution is -2.37. The Morgan fingerprint density at radius 1 is 1.20 bits per heavy atom. The average Bonchev–Trinajstić information content (AvgIpc) is 3.08. The molecule has 0 unspecified atom stereocenters. The lowest BCUT2D eigenvalue weighted by atomic mass is 10.1. The van der Waals surface area contributed by atoms with Gasteiger partial charge < -0.3 is 14.2 Å². The summed E-state index contributed by atoms with van der Waals surface area (Å²) in [6.07, 6.45) is 3.05. The molecule has 0 bridgehead atoms. The molecule has 2 rings (SSSR count). The minimum atomic E-state index is -0.416. The molecule has 1 aromatic heterocycles. The maximum atomic E-state index is 12.9. The third-order valence-corrected chi connectivity index (χ3v) is 3.82. The Morgan fingerprint density at radius 2 is 1.92 bits per heavy atom. The molecule has 25 heavy (non-hydrogen) atoms. The zero-order valence-electron chi connectivity index (χ0n) is 14.9. The van der Waals surface area contributed by atoms with E-state index in [0.29, 0.717) is 17.8 Å². The minimum absolute atomic E-state index is 0.0782. The third-order valence-electron chi connectivity index (χ3n) is 3.82. The van der Waals surface area contributed by atoms with Crippen molar-refractivity contribution in [3.8, 4) is 11.3 Å². The number of amides is 1. The summed E-state index contributed by atoms with van der Waals surface area (Å²) in [5.41, 5.74) is 2.75. The highest BCUT2D eigenvalue weighted by atomic mass is 16.5. The van der Waals surface area contributed by atoms with Gasteiger partial charge in [-0.3, -0.25) is 9.59 Å². The molecule has 0 aliphatic heterocycles. The largest absolute Gasteiger partial charge is 0.465 e. The van der Waals surface area contributed by atoms with Crippen LogP contribution in [-0.2, 0) is 9.53 Å². The van der Waals surface area contributed by atoms with Crippen molar-refractivity contribution in [3.05, 3.63) is 41.7 Å². The molecule has 2 aromatic rings. The summed E-state index contributed by atoms with van der Waals surface area (Å²) in [7, 11) is 0. The number of esters is 1. The maximum Gasteiger partial charge on any atom is 0.325 e. The monoisotopic (exact) mass is 344 g/mol. The van der Waals surface area contributed by atoms with Crippen molar-refractivity contribution in [2.75, 3.05) is 19.7 Å². The van der Waals surface area contributed by atoms with Crippen LogP contribution in [0, 0.1) is 6.92 Å². The van der Waals surface area contributed by atoms with Crippen LogP contribution in [0.3, 0.4) is 0 Å². The van der Waals surface area contributed by atoms with Gasteiger partial charge >= 0.3 is 5.97 Å². The molecule has 0 N–H and O–H groups in total. The molecule has 0 atom stereocenters. The van der Waals surface area contributed by atoms with Gasteiger partial charge in [0.15, 0.2) is 0 Å². The first-order valence-corrected chi connectivity index (χ1v) is 8.53. The third kappa shape index (κ3) is 4.92.